The molecular formula is C30H33NSSi. The van der Waals surface area contributed by atoms with Gasteiger partial charge in [-0.1, -0.05) is 76.8 Å². The number of thiophene rings is 1. The zero-order valence-electron chi connectivity index (χ0n) is 20.8. The van der Waals surface area contributed by atoms with E-state index in [9.17, 15) is 0 Å². The summed E-state index contributed by atoms with van der Waals surface area (Å²) in [6, 6.07) is 21.5. The van der Waals surface area contributed by atoms with E-state index in [2.05, 4.69) is 102 Å². The summed E-state index contributed by atoms with van der Waals surface area (Å²) in [5.74, 6) is 0. The van der Waals surface area contributed by atoms with E-state index in [0.717, 1.165) is 5.69 Å². The number of nitrogens with zero attached hydrogens (tertiary/aromatic N) is 1. The Hall–Kier alpha value is -2.49. The number of aryl methyl sites for hydroxylation is 1. The molecule has 33 heavy (non-hydrogen) atoms. The molecule has 168 valence electrons. The fourth-order valence-electron chi connectivity index (χ4n) is 4.94. The Labute approximate surface area is 202 Å². The highest BCUT2D eigenvalue weighted by Crippen LogP contribution is 2.43. The Morgan fingerprint density at radius 1 is 0.848 bits per heavy atom. The SMILES string of the molecule is Cc1ccc2c(sc3c(-c4cc(C(C)(C)C)c5ccccc5c4)nccc32)c1C[Si](C)(C)C. The molecule has 0 aliphatic carbocycles. The van der Waals surface area contributed by atoms with Gasteiger partial charge in [0.1, 0.15) is 0 Å². The quantitative estimate of drug-likeness (QED) is 0.241. The van der Waals surface area contributed by atoms with Crippen molar-refractivity contribution >= 4 is 50.4 Å². The second-order valence-electron chi connectivity index (χ2n) is 11.6. The lowest BCUT2D eigenvalue weighted by molar-refractivity contribution is 0.596. The second-order valence-corrected chi connectivity index (χ2v) is 18.1. The molecule has 5 aromatic rings. The summed E-state index contributed by atoms with van der Waals surface area (Å²) in [6.07, 6.45) is 1.99. The number of hydrogen-bond donors (Lipinski definition) is 0. The fourth-order valence-corrected chi connectivity index (χ4v) is 7.99. The van der Waals surface area contributed by atoms with Crippen molar-refractivity contribution in [3.8, 4) is 11.3 Å². The van der Waals surface area contributed by atoms with Gasteiger partial charge >= 0.3 is 0 Å². The van der Waals surface area contributed by atoms with Gasteiger partial charge in [0.15, 0.2) is 0 Å². The van der Waals surface area contributed by atoms with Gasteiger partial charge in [-0.3, -0.25) is 4.98 Å². The van der Waals surface area contributed by atoms with Crippen LogP contribution in [0.25, 0.3) is 42.2 Å². The van der Waals surface area contributed by atoms with E-state index in [1.165, 1.54) is 53.7 Å². The summed E-state index contributed by atoms with van der Waals surface area (Å²) in [5, 5.41) is 5.34. The van der Waals surface area contributed by atoms with Crippen LogP contribution in [0.3, 0.4) is 0 Å². The standard InChI is InChI=1S/C30H33NSSi/c1-19-12-13-23-24-14-15-31-27(29(24)32-28(23)25(19)18-33(5,6)7)21-16-20-10-8-9-11-22(20)26(17-21)30(2,3)4/h8-17H,18H2,1-7H3. The van der Waals surface area contributed by atoms with Crippen molar-refractivity contribution in [3.63, 3.8) is 0 Å². The highest BCUT2D eigenvalue weighted by atomic mass is 32.1. The van der Waals surface area contributed by atoms with Crippen LogP contribution in [0.5, 0.6) is 0 Å². The maximum Gasteiger partial charge on any atom is 0.0880 e. The molecule has 1 nitrogen and oxygen atoms in total. The van der Waals surface area contributed by atoms with Crippen LogP contribution >= 0.6 is 11.3 Å². The number of hydrogen-bond acceptors (Lipinski definition) is 2. The van der Waals surface area contributed by atoms with E-state index in [-0.39, 0.29) is 5.41 Å². The van der Waals surface area contributed by atoms with Gasteiger partial charge in [0.2, 0.25) is 0 Å². The molecule has 0 saturated heterocycles. The van der Waals surface area contributed by atoms with Crippen LogP contribution in [-0.2, 0) is 11.5 Å². The van der Waals surface area contributed by atoms with Crippen molar-refractivity contribution in [2.24, 2.45) is 0 Å². The minimum absolute atomic E-state index is 0.0608. The van der Waals surface area contributed by atoms with Crippen LogP contribution in [0.15, 0.2) is 60.8 Å². The summed E-state index contributed by atoms with van der Waals surface area (Å²) in [5.41, 5.74) is 6.75. The van der Waals surface area contributed by atoms with Crippen molar-refractivity contribution in [1.29, 1.82) is 0 Å². The molecule has 0 aliphatic heterocycles. The molecule has 2 heterocycles. The number of benzene rings is 3. The van der Waals surface area contributed by atoms with Gasteiger partial charge in [-0.25, -0.2) is 0 Å². The third-order valence-electron chi connectivity index (χ3n) is 6.54. The molecule has 0 amide bonds. The smallest absolute Gasteiger partial charge is 0.0880 e. The minimum Gasteiger partial charge on any atom is -0.255 e. The molecule has 2 aromatic heterocycles. The average molecular weight is 468 g/mol. The van der Waals surface area contributed by atoms with Crippen LogP contribution < -0.4 is 0 Å². The first kappa shape index (κ1) is 22.3. The molecule has 0 fully saturated rings. The van der Waals surface area contributed by atoms with Gasteiger partial charge in [0.25, 0.3) is 0 Å². The molecule has 0 unspecified atom stereocenters. The van der Waals surface area contributed by atoms with Gasteiger partial charge < -0.3 is 0 Å². The van der Waals surface area contributed by atoms with Crippen molar-refractivity contribution in [1.82, 2.24) is 4.98 Å². The van der Waals surface area contributed by atoms with E-state index >= 15 is 0 Å². The van der Waals surface area contributed by atoms with Crippen molar-refractivity contribution in [2.75, 3.05) is 0 Å². The third kappa shape index (κ3) is 4.02. The van der Waals surface area contributed by atoms with Crippen molar-refractivity contribution in [3.05, 3.63) is 77.5 Å². The van der Waals surface area contributed by atoms with Crippen LogP contribution in [0.4, 0.5) is 0 Å². The van der Waals surface area contributed by atoms with E-state index in [1.54, 1.807) is 5.56 Å². The monoisotopic (exact) mass is 467 g/mol. The van der Waals surface area contributed by atoms with Gasteiger partial charge in [0.05, 0.1) is 10.4 Å². The summed E-state index contributed by atoms with van der Waals surface area (Å²) in [6.45, 7) is 16.6. The third-order valence-corrected chi connectivity index (χ3v) is 9.25. The summed E-state index contributed by atoms with van der Waals surface area (Å²) >= 11 is 1.94. The number of fused-ring (bicyclic) bond motifs is 4. The molecule has 0 radical (unpaired) electrons. The molecule has 5 rings (SSSR count). The predicted molar refractivity (Wildman–Crippen MR) is 151 cm³/mol. The Morgan fingerprint density at radius 3 is 2.30 bits per heavy atom. The second kappa shape index (κ2) is 7.78. The Balaban J connectivity index is 1.82. The lowest BCUT2D eigenvalue weighted by atomic mass is 9.82. The predicted octanol–water partition coefficient (Wildman–Crippen LogP) is 9.30. The first-order valence-corrected chi connectivity index (χ1v) is 16.4. The zero-order valence-corrected chi connectivity index (χ0v) is 22.7. The molecule has 0 saturated carbocycles. The highest BCUT2D eigenvalue weighted by molar-refractivity contribution is 7.26. The molecule has 3 heteroatoms. The summed E-state index contributed by atoms with van der Waals surface area (Å²) in [7, 11) is -1.24. The van der Waals surface area contributed by atoms with Crippen molar-refractivity contribution in [2.45, 2.75) is 58.8 Å². The maximum absolute atomic E-state index is 4.95. The van der Waals surface area contributed by atoms with E-state index in [1.807, 2.05) is 17.5 Å². The van der Waals surface area contributed by atoms with Crippen LogP contribution in [0.2, 0.25) is 19.6 Å². The Morgan fingerprint density at radius 2 is 1.58 bits per heavy atom. The molecular weight excluding hydrogens is 434 g/mol. The van der Waals surface area contributed by atoms with Gasteiger partial charge in [0, 0.05) is 35.3 Å². The molecule has 0 spiro atoms. The topological polar surface area (TPSA) is 12.9 Å². The van der Waals surface area contributed by atoms with E-state index in [0.29, 0.717) is 0 Å². The number of rotatable bonds is 3. The fraction of sp³-hybridized carbons (Fsp3) is 0.300. The molecule has 3 aromatic carbocycles. The molecule has 0 bridgehead atoms. The van der Waals surface area contributed by atoms with Gasteiger partial charge in [-0.2, -0.15) is 0 Å². The summed E-state index contributed by atoms with van der Waals surface area (Å²) in [4.78, 5) is 4.95. The Kier molecular flexibility index (Phi) is 5.26. The van der Waals surface area contributed by atoms with Gasteiger partial charge in [-0.05, 0) is 64.0 Å². The summed E-state index contributed by atoms with van der Waals surface area (Å²) < 4.78 is 2.77. The van der Waals surface area contributed by atoms with Crippen LogP contribution in [-0.4, -0.2) is 13.1 Å². The van der Waals surface area contributed by atoms with E-state index < -0.39 is 8.07 Å². The lowest BCUT2D eigenvalue weighted by Crippen LogP contribution is -2.24. The zero-order chi connectivity index (χ0) is 23.5. The molecule has 0 atom stereocenters. The van der Waals surface area contributed by atoms with Crippen LogP contribution in [0.1, 0.15) is 37.5 Å². The van der Waals surface area contributed by atoms with Crippen molar-refractivity contribution < 1.29 is 0 Å². The maximum atomic E-state index is 4.95. The van der Waals surface area contributed by atoms with Crippen LogP contribution in [0, 0.1) is 6.92 Å². The lowest BCUT2D eigenvalue weighted by Gasteiger charge is -2.22. The van der Waals surface area contributed by atoms with Gasteiger partial charge in [-0.15, -0.1) is 11.3 Å². The Bertz CT molecular complexity index is 1510. The largest absolute Gasteiger partial charge is 0.255 e. The first-order chi connectivity index (χ1) is 15.5. The molecule has 0 N–H and O–H groups in total. The highest BCUT2D eigenvalue weighted by Gasteiger charge is 2.22. The van der Waals surface area contributed by atoms with E-state index in [4.69, 9.17) is 4.98 Å². The normalized spacial score (nSPS) is 12.8. The average Bonchev–Trinajstić information content (AvgIpc) is 3.12. The minimum atomic E-state index is -1.24. The molecule has 0 aliphatic rings. The number of pyridine rings is 1. The first-order valence-electron chi connectivity index (χ1n) is 11.9. The number of aromatic nitrogens is 1.